The minimum atomic E-state index is -0.426. The molecule has 2 heterocycles. The molecule has 0 aromatic carbocycles. The van der Waals surface area contributed by atoms with Crippen LogP contribution in [0, 0.1) is 11.8 Å². The Labute approximate surface area is 124 Å². The van der Waals surface area contributed by atoms with Gasteiger partial charge in [-0.25, -0.2) is 0 Å². The highest BCUT2D eigenvalue weighted by molar-refractivity contribution is 5.99. The second-order valence-corrected chi connectivity index (χ2v) is 5.57. The van der Waals surface area contributed by atoms with Gasteiger partial charge in [-0.1, -0.05) is 13.0 Å². The van der Waals surface area contributed by atoms with Crippen LogP contribution in [-0.2, 0) is 9.59 Å². The summed E-state index contributed by atoms with van der Waals surface area (Å²) in [5.74, 6) is 0.348. The Balaban J connectivity index is 1.86. The van der Waals surface area contributed by atoms with Crippen molar-refractivity contribution < 1.29 is 9.59 Å². The molecule has 2 amide bonds. The molecule has 2 atom stereocenters. The zero-order valence-electron chi connectivity index (χ0n) is 12.5. The van der Waals surface area contributed by atoms with E-state index in [2.05, 4.69) is 33.9 Å². The fourth-order valence-electron chi connectivity index (χ4n) is 2.55. The molecule has 6 heteroatoms. The molecule has 0 spiro atoms. The van der Waals surface area contributed by atoms with E-state index in [0.717, 1.165) is 25.2 Å². The number of imide groups is 1. The maximum absolute atomic E-state index is 11.2. The normalized spacial score (nSPS) is 24.9. The van der Waals surface area contributed by atoms with Crippen molar-refractivity contribution in [1.82, 2.24) is 16.0 Å². The van der Waals surface area contributed by atoms with Gasteiger partial charge in [-0.15, -0.1) is 0 Å². The second-order valence-electron chi connectivity index (χ2n) is 5.57. The van der Waals surface area contributed by atoms with E-state index < -0.39 is 5.91 Å². The van der Waals surface area contributed by atoms with E-state index in [1.54, 1.807) is 6.20 Å². The molecule has 2 aliphatic rings. The molecule has 2 bridgehead atoms. The molecule has 2 unspecified atom stereocenters. The van der Waals surface area contributed by atoms with Gasteiger partial charge in [0.1, 0.15) is 0 Å². The second kappa shape index (κ2) is 7.17. The van der Waals surface area contributed by atoms with Gasteiger partial charge in [0, 0.05) is 31.5 Å². The highest BCUT2D eigenvalue weighted by Gasteiger charge is 2.24. The number of nitrogens with one attached hydrogen (secondary N) is 3. The Bertz CT molecular complexity index is 508. The summed E-state index contributed by atoms with van der Waals surface area (Å²) in [6.45, 7) is 6.01. The zero-order chi connectivity index (χ0) is 15.2. The summed E-state index contributed by atoms with van der Waals surface area (Å²) in [7, 11) is 0. The Morgan fingerprint density at radius 2 is 2.33 bits per heavy atom. The van der Waals surface area contributed by atoms with Gasteiger partial charge >= 0.3 is 0 Å². The van der Waals surface area contributed by atoms with Crippen LogP contribution in [0.4, 0.5) is 0 Å². The first-order valence-corrected chi connectivity index (χ1v) is 7.24. The number of allylic oxidation sites excluding steroid dienone is 1. The Morgan fingerprint density at radius 1 is 1.52 bits per heavy atom. The van der Waals surface area contributed by atoms with E-state index in [1.165, 1.54) is 18.7 Å². The quantitative estimate of drug-likeness (QED) is 0.652. The molecule has 1 fully saturated rings. The van der Waals surface area contributed by atoms with Gasteiger partial charge in [0.25, 0.3) is 5.91 Å². The van der Waals surface area contributed by atoms with E-state index in [4.69, 9.17) is 0 Å². The van der Waals surface area contributed by atoms with Gasteiger partial charge < -0.3 is 10.6 Å². The largest absolute Gasteiger partial charge is 0.385 e. The van der Waals surface area contributed by atoms with Gasteiger partial charge in [0.05, 0.1) is 12.2 Å². The number of nitrogens with zero attached hydrogens (tertiary/aromatic N) is 1. The van der Waals surface area contributed by atoms with Crippen molar-refractivity contribution in [2.75, 3.05) is 19.6 Å². The van der Waals surface area contributed by atoms with Crippen molar-refractivity contribution in [3.05, 3.63) is 24.0 Å². The molecular formula is C15H22N4O2. The SMILES string of the molecule is CC(=O)NC(=O)/C=C\NCC1=CC2CC(=N1)CNCC2C. The predicted molar refractivity (Wildman–Crippen MR) is 81.6 cm³/mol. The van der Waals surface area contributed by atoms with E-state index in [9.17, 15) is 9.59 Å². The Hall–Kier alpha value is -1.95. The lowest BCUT2D eigenvalue weighted by Crippen LogP contribution is -2.26. The maximum atomic E-state index is 11.2. The standard InChI is InChI=1S/C15H22N4O2/c1-10-7-17-9-14-6-12(10)5-13(19-14)8-16-4-3-15(21)18-11(2)20/h3-5,10,12,16-17H,6-9H2,1-2H3,(H,18,20,21)/b4-3-. The van der Waals surface area contributed by atoms with Gasteiger partial charge in [0.15, 0.2) is 0 Å². The molecule has 21 heavy (non-hydrogen) atoms. The van der Waals surface area contributed by atoms with Crippen LogP contribution in [0.5, 0.6) is 0 Å². The molecule has 0 aromatic rings. The average Bonchev–Trinajstić information content (AvgIpc) is 2.54. The first kappa shape index (κ1) is 15.4. The predicted octanol–water partition coefficient (Wildman–Crippen LogP) is 0.337. The third-order valence-electron chi connectivity index (χ3n) is 3.64. The number of hydrogen-bond donors (Lipinski definition) is 3. The topological polar surface area (TPSA) is 82.6 Å². The molecule has 2 rings (SSSR count). The third kappa shape index (κ3) is 4.82. The summed E-state index contributed by atoms with van der Waals surface area (Å²) in [6.07, 6.45) is 6.10. The minimum Gasteiger partial charge on any atom is -0.385 e. The molecule has 0 radical (unpaired) electrons. The lowest BCUT2D eigenvalue weighted by Gasteiger charge is -2.21. The Morgan fingerprint density at radius 3 is 3.10 bits per heavy atom. The molecule has 0 aliphatic carbocycles. The molecule has 0 saturated carbocycles. The van der Waals surface area contributed by atoms with Crippen LogP contribution in [0.2, 0.25) is 0 Å². The number of fused-ring (bicyclic) bond motifs is 2. The average molecular weight is 290 g/mol. The van der Waals surface area contributed by atoms with Crippen molar-refractivity contribution in [2.45, 2.75) is 20.3 Å². The number of carbonyl (C=O) groups is 2. The smallest absolute Gasteiger partial charge is 0.251 e. The highest BCUT2D eigenvalue weighted by atomic mass is 16.2. The van der Waals surface area contributed by atoms with E-state index in [-0.39, 0.29) is 5.91 Å². The number of hydrogen-bond acceptors (Lipinski definition) is 5. The lowest BCUT2D eigenvalue weighted by atomic mass is 9.88. The molecule has 2 aliphatic heterocycles. The molecule has 114 valence electrons. The molecule has 1 saturated heterocycles. The lowest BCUT2D eigenvalue weighted by molar-refractivity contribution is -0.126. The fourth-order valence-corrected chi connectivity index (χ4v) is 2.55. The molecule has 6 nitrogen and oxygen atoms in total. The fraction of sp³-hybridized carbons (Fsp3) is 0.533. The third-order valence-corrected chi connectivity index (χ3v) is 3.64. The molecule has 3 N–H and O–H groups in total. The number of amides is 2. The van der Waals surface area contributed by atoms with Crippen LogP contribution in [0.3, 0.4) is 0 Å². The van der Waals surface area contributed by atoms with Crippen molar-refractivity contribution >= 4 is 17.5 Å². The van der Waals surface area contributed by atoms with E-state index >= 15 is 0 Å². The minimum absolute atomic E-state index is 0.364. The van der Waals surface area contributed by atoms with Gasteiger partial charge in [-0.3, -0.25) is 19.9 Å². The van der Waals surface area contributed by atoms with Crippen LogP contribution in [0.1, 0.15) is 20.3 Å². The van der Waals surface area contributed by atoms with Crippen LogP contribution in [-0.4, -0.2) is 37.2 Å². The summed E-state index contributed by atoms with van der Waals surface area (Å²) in [4.78, 5) is 26.6. The van der Waals surface area contributed by atoms with Crippen molar-refractivity contribution in [3.8, 4) is 0 Å². The van der Waals surface area contributed by atoms with Crippen LogP contribution >= 0.6 is 0 Å². The van der Waals surface area contributed by atoms with E-state index in [1.807, 2.05) is 0 Å². The van der Waals surface area contributed by atoms with Gasteiger partial charge in [0.2, 0.25) is 5.91 Å². The molecule has 0 aromatic heterocycles. The summed E-state index contributed by atoms with van der Waals surface area (Å²) < 4.78 is 0. The number of rotatable bonds is 4. The Kier molecular flexibility index (Phi) is 5.27. The van der Waals surface area contributed by atoms with Crippen molar-refractivity contribution in [2.24, 2.45) is 16.8 Å². The van der Waals surface area contributed by atoms with Crippen LogP contribution in [0.15, 0.2) is 29.0 Å². The summed E-state index contributed by atoms with van der Waals surface area (Å²) >= 11 is 0. The van der Waals surface area contributed by atoms with Crippen LogP contribution in [0.25, 0.3) is 0 Å². The highest BCUT2D eigenvalue weighted by Crippen LogP contribution is 2.25. The monoisotopic (exact) mass is 290 g/mol. The van der Waals surface area contributed by atoms with E-state index in [0.29, 0.717) is 18.4 Å². The number of aliphatic imine (C=N–C) groups is 1. The summed E-state index contributed by atoms with van der Waals surface area (Å²) in [6, 6.07) is 0. The number of carbonyl (C=O) groups excluding carboxylic acids is 2. The van der Waals surface area contributed by atoms with Gasteiger partial charge in [-0.05, 0) is 24.8 Å². The maximum Gasteiger partial charge on any atom is 0.251 e. The zero-order valence-corrected chi connectivity index (χ0v) is 12.5. The first-order chi connectivity index (χ1) is 10.0. The first-order valence-electron chi connectivity index (χ1n) is 7.24. The van der Waals surface area contributed by atoms with Crippen LogP contribution < -0.4 is 16.0 Å². The van der Waals surface area contributed by atoms with Crippen molar-refractivity contribution in [1.29, 1.82) is 0 Å². The van der Waals surface area contributed by atoms with Crippen molar-refractivity contribution in [3.63, 3.8) is 0 Å². The van der Waals surface area contributed by atoms with Gasteiger partial charge in [-0.2, -0.15) is 0 Å². The summed E-state index contributed by atoms with van der Waals surface area (Å²) in [5, 5.41) is 8.61. The summed E-state index contributed by atoms with van der Waals surface area (Å²) in [5.41, 5.74) is 2.20. The molecular weight excluding hydrogens is 268 g/mol.